The van der Waals surface area contributed by atoms with Crippen LogP contribution in [0, 0.1) is 0 Å². The molecule has 5 heteroatoms. The number of hydrogen-bond donors (Lipinski definition) is 0. The molecule has 0 saturated heterocycles. The zero-order chi connectivity index (χ0) is 13.7. The lowest BCUT2D eigenvalue weighted by Gasteiger charge is -2.19. The minimum Gasteiger partial charge on any atom is -0.269 e. The molecule has 0 atom stereocenters. The molecule has 1 aromatic carbocycles. The molecule has 0 aliphatic rings. The van der Waals surface area contributed by atoms with Gasteiger partial charge < -0.3 is 0 Å². The van der Waals surface area contributed by atoms with E-state index in [1.807, 2.05) is 37.3 Å². The van der Waals surface area contributed by atoms with E-state index in [1.165, 1.54) is 15.6 Å². The molecule has 0 bridgehead atoms. The van der Waals surface area contributed by atoms with Crippen LogP contribution in [0.2, 0.25) is 0 Å². The molecule has 100 valence electrons. The summed E-state index contributed by atoms with van der Waals surface area (Å²) < 4.78 is 26.7. The highest BCUT2D eigenvalue weighted by Crippen LogP contribution is 2.22. The quantitative estimate of drug-likeness (QED) is 0.846. The van der Waals surface area contributed by atoms with Gasteiger partial charge in [-0.15, -0.1) is 11.3 Å². The Balaban J connectivity index is 2.31. The highest BCUT2D eigenvalue weighted by molar-refractivity contribution is 7.91. The molecule has 0 saturated carbocycles. The minimum absolute atomic E-state index is 0.339. The topological polar surface area (TPSA) is 37.4 Å². The molecule has 0 N–H and O–H groups in total. The SMILES string of the molecule is C/C=C/N(Cc1ccccc1)S(=O)(=O)c1cccs1. The Morgan fingerprint density at radius 1 is 1.16 bits per heavy atom. The summed E-state index contributed by atoms with van der Waals surface area (Å²) in [4.78, 5) is 0. The minimum atomic E-state index is -3.45. The van der Waals surface area contributed by atoms with Gasteiger partial charge >= 0.3 is 0 Å². The molecule has 0 fully saturated rings. The molecule has 0 radical (unpaired) electrons. The molecular formula is C14H15NO2S2. The van der Waals surface area contributed by atoms with Crippen molar-refractivity contribution in [3.05, 3.63) is 65.7 Å². The van der Waals surface area contributed by atoms with Crippen molar-refractivity contribution in [2.45, 2.75) is 17.7 Å². The van der Waals surface area contributed by atoms with Gasteiger partial charge in [0.05, 0.1) is 6.54 Å². The van der Waals surface area contributed by atoms with Crippen LogP contribution in [0.15, 0.2) is 64.3 Å². The highest BCUT2D eigenvalue weighted by Gasteiger charge is 2.22. The first-order chi connectivity index (χ1) is 9.14. The number of benzene rings is 1. The van der Waals surface area contributed by atoms with E-state index in [2.05, 4.69) is 0 Å². The summed E-state index contributed by atoms with van der Waals surface area (Å²) in [6.07, 6.45) is 3.33. The van der Waals surface area contributed by atoms with E-state index in [0.717, 1.165) is 5.56 Å². The van der Waals surface area contributed by atoms with Crippen molar-refractivity contribution in [3.8, 4) is 0 Å². The zero-order valence-corrected chi connectivity index (χ0v) is 12.2. The first-order valence-electron chi connectivity index (χ1n) is 5.86. The van der Waals surface area contributed by atoms with Crippen molar-refractivity contribution in [2.24, 2.45) is 0 Å². The lowest BCUT2D eigenvalue weighted by atomic mass is 10.2. The van der Waals surface area contributed by atoms with Gasteiger partial charge in [-0.2, -0.15) is 0 Å². The number of sulfonamides is 1. The molecule has 0 aliphatic carbocycles. The van der Waals surface area contributed by atoms with E-state index in [9.17, 15) is 8.42 Å². The van der Waals surface area contributed by atoms with Crippen molar-refractivity contribution >= 4 is 21.4 Å². The summed E-state index contributed by atoms with van der Waals surface area (Å²) in [7, 11) is -3.45. The van der Waals surface area contributed by atoms with Crippen LogP contribution in [0.4, 0.5) is 0 Å². The average molecular weight is 293 g/mol. The summed E-state index contributed by atoms with van der Waals surface area (Å²) in [6.45, 7) is 2.15. The van der Waals surface area contributed by atoms with Gasteiger partial charge in [-0.05, 0) is 23.9 Å². The van der Waals surface area contributed by atoms with Crippen molar-refractivity contribution in [2.75, 3.05) is 0 Å². The predicted molar refractivity (Wildman–Crippen MR) is 78.3 cm³/mol. The first kappa shape index (κ1) is 13.8. The lowest BCUT2D eigenvalue weighted by molar-refractivity contribution is 0.497. The third-order valence-corrected chi connectivity index (χ3v) is 5.65. The van der Waals surface area contributed by atoms with Crippen LogP contribution in [0.5, 0.6) is 0 Å². The lowest BCUT2D eigenvalue weighted by Crippen LogP contribution is -2.24. The molecule has 1 aromatic heterocycles. The van der Waals surface area contributed by atoms with E-state index in [1.54, 1.807) is 29.8 Å². The predicted octanol–water partition coefficient (Wildman–Crippen LogP) is 3.47. The normalized spacial score (nSPS) is 11.8. The Labute approximate surface area is 117 Å². The Hall–Kier alpha value is -1.59. The molecule has 2 aromatic rings. The van der Waals surface area contributed by atoms with Gasteiger partial charge in [-0.1, -0.05) is 42.5 Å². The van der Waals surface area contributed by atoms with Crippen LogP contribution in [-0.2, 0) is 16.6 Å². The van der Waals surface area contributed by atoms with Crippen LogP contribution in [0.25, 0.3) is 0 Å². The van der Waals surface area contributed by atoms with Gasteiger partial charge in [0, 0.05) is 6.20 Å². The third kappa shape index (κ3) is 3.24. The van der Waals surface area contributed by atoms with Gasteiger partial charge in [0.15, 0.2) is 0 Å². The average Bonchev–Trinajstić information content (AvgIpc) is 2.94. The number of thiophene rings is 1. The number of allylic oxidation sites excluding steroid dienone is 1. The molecule has 0 amide bonds. The van der Waals surface area contributed by atoms with E-state index in [4.69, 9.17) is 0 Å². The second-order valence-electron chi connectivity index (χ2n) is 3.95. The molecule has 0 unspecified atom stereocenters. The number of nitrogens with zero attached hydrogens (tertiary/aromatic N) is 1. The Morgan fingerprint density at radius 3 is 2.47 bits per heavy atom. The van der Waals surface area contributed by atoms with Crippen molar-refractivity contribution in [1.29, 1.82) is 0 Å². The van der Waals surface area contributed by atoms with Crippen molar-refractivity contribution in [3.63, 3.8) is 0 Å². The summed E-state index contributed by atoms with van der Waals surface area (Å²) in [6, 6.07) is 12.9. The fourth-order valence-electron chi connectivity index (χ4n) is 1.67. The smallest absolute Gasteiger partial charge is 0.269 e. The zero-order valence-electron chi connectivity index (χ0n) is 10.6. The summed E-state index contributed by atoms with van der Waals surface area (Å²) in [5.41, 5.74) is 0.959. The van der Waals surface area contributed by atoms with E-state index < -0.39 is 10.0 Å². The van der Waals surface area contributed by atoms with Gasteiger partial charge in [0.1, 0.15) is 4.21 Å². The molecule has 1 heterocycles. The van der Waals surface area contributed by atoms with Gasteiger partial charge in [0.2, 0.25) is 0 Å². The van der Waals surface area contributed by atoms with Crippen LogP contribution in [0.3, 0.4) is 0 Å². The fraction of sp³-hybridized carbons (Fsp3) is 0.143. The van der Waals surface area contributed by atoms with Crippen LogP contribution in [-0.4, -0.2) is 12.7 Å². The summed E-state index contributed by atoms with van der Waals surface area (Å²) in [5, 5.41) is 1.77. The second kappa shape index (κ2) is 6.04. The first-order valence-corrected chi connectivity index (χ1v) is 8.18. The Kier molecular flexibility index (Phi) is 4.39. The molecule has 0 spiro atoms. The summed E-state index contributed by atoms with van der Waals surface area (Å²) >= 11 is 1.23. The standard InChI is InChI=1S/C14H15NO2S2/c1-2-10-15(12-13-7-4-3-5-8-13)19(16,17)14-9-6-11-18-14/h2-11H,12H2,1H3/b10-2+. The van der Waals surface area contributed by atoms with E-state index in [-0.39, 0.29) is 0 Å². The number of hydrogen-bond acceptors (Lipinski definition) is 3. The maximum atomic E-state index is 12.5. The fourth-order valence-corrected chi connectivity index (χ4v) is 4.14. The molecule has 0 aliphatic heterocycles. The Morgan fingerprint density at radius 2 is 1.89 bits per heavy atom. The van der Waals surface area contributed by atoms with Crippen LogP contribution in [0.1, 0.15) is 12.5 Å². The molecule has 2 rings (SSSR count). The van der Waals surface area contributed by atoms with Crippen molar-refractivity contribution < 1.29 is 8.42 Å². The largest absolute Gasteiger partial charge is 0.273 e. The van der Waals surface area contributed by atoms with Gasteiger partial charge in [-0.25, -0.2) is 8.42 Å². The van der Waals surface area contributed by atoms with Gasteiger partial charge in [-0.3, -0.25) is 4.31 Å². The highest BCUT2D eigenvalue weighted by atomic mass is 32.2. The van der Waals surface area contributed by atoms with Crippen LogP contribution < -0.4 is 0 Å². The molecule has 3 nitrogen and oxygen atoms in total. The third-order valence-electron chi connectivity index (χ3n) is 2.55. The molecule has 19 heavy (non-hydrogen) atoms. The number of rotatable bonds is 5. The van der Waals surface area contributed by atoms with Crippen molar-refractivity contribution in [1.82, 2.24) is 4.31 Å². The second-order valence-corrected chi connectivity index (χ2v) is 7.02. The summed E-state index contributed by atoms with van der Waals surface area (Å²) in [5.74, 6) is 0. The van der Waals surface area contributed by atoms with Crippen LogP contribution >= 0.6 is 11.3 Å². The Bertz CT molecular complexity index is 631. The van der Waals surface area contributed by atoms with Gasteiger partial charge in [0.25, 0.3) is 10.0 Å². The molecular weight excluding hydrogens is 278 g/mol. The van der Waals surface area contributed by atoms with E-state index in [0.29, 0.717) is 10.8 Å². The van der Waals surface area contributed by atoms with E-state index >= 15 is 0 Å². The monoisotopic (exact) mass is 293 g/mol. The maximum absolute atomic E-state index is 12.5. The maximum Gasteiger partial charge on any atom is 0.273 e.